The fourth-order valence-electron chi connectivity index (χ4n) is 0.452. The summed E-state index contributed by atoms with van der Waals surface area (Å²) in [5.74, 6) is 0. The number of rotatable bonds is 2. The highest BCUT2D eigenvalue weighted by Gasteiger charge is 1.93. The highest BCUT2D eigenvalue weighted by Crippen LogP contribution is 1.80. The van der Waals surface area contributed by atoms with Gasteiger partial charge in [-0.1, -0.05) is 0 Å². The van der Waals surface area contributed by atoms with E-state index < -0.39 is 0 Å². The third kappa shape index (κ3) is 7.25. The molecule has 0 aliphatic rings. The number of hydrogen-bond donors (Lipinski definition) is 1. The van der Waals surface area contributed by atoms with E-state index in [0.717, 1.165) is 0 Å². The first-order valence-corrected chi connectivity index (χ1v) is 3.94. The molecular weight excluding hydrogens is 158 g/mol. The van der Waals surface area contributed by atoms with Crippen molar-refractivity contribution in [3.05, 3.63) is 0 Å². The summed E-state index contributed by atoms with van der Waals surface area (Å²) >= 11 is 4.91. The molecule has 11 heavy (non-hydrogen) atoms. The minimum atomic E-state index is 0.349. The van der Waals surface area contributed by atoms with Gasteiger partial charge < -0.3 is 10.2 Å². The van der Waals surface area contributed by atoms with Crippen LogP contribution in [0.15, 0.2) is 4.99 Å². The number of nitrogens with one attached hydrogen (secondary N) is 1. The van der Waals surface area contributed by atoms with E-state index in [2.05, 4.69) is 10.3 Å². The third-order valence-electron chi connectivity index (χ3n) is 0.818. The van der Waals surface area contributed by atoms with Crippen molar-refractivity contribution in [3.8, 4) is 0 Å². The second-order valence-corrected chi connectivity index (χ2v) is 3.20. The minimum Gasteiger partial charge on any atom is -0.369 e. The zero-order chi connectivity index (χ0) is 8.85. The van der Waals surface area contributed by atoms with Gasteiger partial charge in [-0.05, 0) is 26.1 Å². The maximum absolute atomic E-state index is 4.91. The van der Waals surface area contributed by atoms with E-state index in [0.29, 0.717) is 11.2 Å². The molecule has 1 N–H and O–H groups in total. The Morgan fingerprint density at radius 2 is 2.09 bits per heavy atom. The van der Waals surface area contributed by atoms with Gasteiger partial charge in [-0.15, -0.1) is 0 Å². The first-order valence-electron chi connectivity index (χ1n) is 3.53. The Kier molecular flexibility index (Phi) is 4.77. The molecule has 0 aliphatic carbocycles. The van der Waals surface area contributed by atoms with Crippen molar-refractivity contribution in [2.75, 3.05) is 14.1 Å². The highest BCUT2D eigenvalue weighted by molar-refractivity contribution is 7.80. The zero-order valence-corrected chi connectivity index (χ0v) is 8.27. The Balaban J connectivity index is 3.69. The molecule has 0 rings (SSSR count). The maximum Gasteiger partial charge on any atom is 0.194 e. The van der Waals surface area contributed by atoms with Crippen LogP contribution in [-0.4, -0.2) is 36.5 Å². The van der Waals surface area contributed by atoms with Gasteiger partial charge in [-0.25, -0.2) is 4.99 Å². The molecular formula is C7H15N3S. The van der Waals surface area contributed by atoms with Gasteiger partial charge in [0.2, 0.25) is 0 Å². The monoisotopic (exact) mass is 173 g/mol. The van der Waals surface area contributed by atoms with Crippen molar-refractivity contribution in [1.82, 2.24) is 10.2 Å². The van der Waals surface area contributed by atoms with E-state index in [1.54, 1.807) is 6.34 Å². The lowest BCUT2D eigenvalue weighted by Crippen LogP contribution is -2.27. The molecule has 0 saturated heterocycles. The van der Waals surface area contributed by atoms with E-state index >= 15 is 0 Å². The fourth-order valence-corrected chi connectivity index (χ4v) is 0.735. The van der Waals surface area contributed by atoms with Crippen molar-refractivity contribution < 1.29 is 0 Å². The topological polar surface area (TPSA) is 27.6 Å². The van der Waals surface area contributed by atoms with Crippen molar-refractivity contribution in [2.45, 2.75) is 19.9 Å². The standard InChI is InChI=1S/C7H15N3S/c1-6(2)9-7(11)8-5-10(3)4/h5-6H,1-4H3,(H,9,11)/b8-5+. The summed E-state index contributed by atoms with van der Waals surface area (Å²) in [5, 5.41) is 3.54. The molecule has 0 spiro atoms. The van der Waals surface area contributed by atoms with Crippen molar-refractivity contribution >= 4 is 23.7 Å². The van der Waals surface area contributed by atoms with Crippen molar-refractivity contribution in [1.29, 1.82) is 0 Å². The molecule has 0 radical (unpaired) electrons. The number of hydrogen-bond acceptors (Lipinski definition) is 1. The van der Waals surface area contributed by atoms with E-state index in [1.807, 2.05) is 32.8 Å². The summed E-state index contributed by atoms with van der Waals surface area (Å²) in [7, 11) is 3.81. The maximum atomic E-state index is 4.91. The number of thiocarbonyl (C=S) groups is 1. The highest BCUT2D eigenvalue weighted by atomic mass is 32.1. The van der Waals surface area contributed by atoms with Crippen LogP contribution in [0.25, 0.3) is 0 Å². The van der Waals surface area contributed by atoms with Crippen LogP contribution in [0.1, 0.15) is 13.8 Å². The lowest BCUT2D eigenvalue weighted by atomic mass is 10.4. The fraction of sp³-hybridized carbons (Fsp3) is 0.714. The predicted molar refractivity (Wildman–Crippen MR) is 53.0 cm³/mol. The number of aliphatic imine (C=N–C) groups is 1. The van der Waals surface area contributed by atoms with E-state index in [1.165, 1.54) is 0 Å². The van der Waals surface area contributed by atoms with Gasteiger partial charge in [-0.3, -0.25) is 0 Å². The van der Waals surface area contributed by atoms with E-state index in [9.17, 15) is 0 Å². The molecule has 0 bridgehead atoms. The molecule has 3 nitrogen and oxygen atoms in total. The molecule has 0 aromatic heterocycles. The van der Waals surface area contributed by atoms with Crippen molar-refractivity contribution in [3.63, 3.8) is 0 Å². The first kappa shape index (κ1) is 10.4. The number of nitrogens with zero attached hydrogens (tertiary/aromatic N) is 2. The Morgan fingerprint density at radius 3 is 2.45 bits per heavy atom. The van der Waals surface area contributed by atoms with Gasteiger partial charge in [0.15, 0.2) is 5.11 Å². The summed E-state index contributed by atoms with van der Waals surface area (Å²) in [4.78, 5) is 5.83. The van der Waals surface area contributed by atoms with Gasteiger partial charge >= 0.3 is 0 Å². The predicted octanol–water partition coefficient (Wildman–Crippen LogP) is 0.859. The Labute approximate surface area is 73.5 Å². The molecule has 0 saturated carbocycles. The second kappa shape index (κ2) is 5.07. The van der Waals surface area contributed by atoms with E-state index in [4.69, 9.17) is 12.2 Å². The Bertz CT molecular complexity index is 152. The Morgan fingerprint density at radius 1 is 1.55 bits per heavy atom. The molecule has 0 atom stereocenters. The summed E-state index contributed by atoms with van der Waals surface area (Å²) in [6.45, 7) is 4.05. The zero-order valence-electron chi connectivity index (χ0n) is 7.46. The van der Waals surface area contributed by atoms with E-state index in [-0.39, 0.29) is 0 Å². The summed E-state index contributed by atoms with van der Waals surface area (Å²) < 4.78 is 0. The minimum absolute atomic E-state index is 0.349. The molecule has 0 aromatic carbocycles. The SMILES string of the molecule is CC(C)NC(=S)/N=C/N(C)C. The Hall–Kier alpha value is -0.640. The third-order valence-corrected chi connectivity index (χ3v) is 1.04. The van der Waals surface area contributed by atoms with Crippen LogP contribution in [-0.2, 0) is 0 Å². The molecule has 0 heterocycles. The average molecular weight is 173 g/mol. The van der Waals surface area contributed by atoms with Crippen LogP contribution >= 0.6 is 12.2 Å². The van der Waals surface area contributed by atoms with Gasteiger partial charge in [-0.2, -0.15) is 0 Å². The molecule has 0 aromatic rings. The quantitative estimate of drug-likeness (QED) is 0.381. The van der Waals surface area contributed by atoms with Crippen LogP contribution in [0.4, 0.5) is 0 Å². The average Bonchev–Trinajstić information content (AvgIpc) is 1.82. The molecule has 0 amide bonds. The van der Waals surface area contributed by atoms with Crippen LogP contribution in [0.2, 0.25) is 0 Å². The van der Waals surface area contributed by atoms with Gasteiger partial charge in [0, 0.05) is 20.1 Å². The molecule has 64 valence electrons. The van der Waals surface area contributed by atoms with Crippen LogP contribution in [0.3, 0.4) is 0 Å². The van der Waals surface area contributed by atoms with Crippen LogP contribution in [0, 0.1) is 0 Å². The summed E-state index contributed by atoms with van der Waals surface area (Å²) in [6.07, 6.45) is 1.68. The summed E-state index contributed by atoms with van der Waals surface area (Å²) in [5.41, 5.74) is 0. The largest absolute Gasteiger partial charge is 0.369 e. The lowest BCUT2D eigenvalue weighted by molar-refractivity contribution is 0.642. The van der Waals surface area contributed by atoms with Crippen molar-refractivity contribution in [2.24, 2.45) is 4.99 Å². The smallest absolute Gasteiger partial charge is 0.194 e. The van der Waals surface area contributed by atoms with Crippen LogP contribution in [0.5, 0.6) is 0 Å². The molecule has 0 fully saturated rings. The molecule has 0 unspecified atom stereocenters. The lowest BCUT2D eigenvalue weighted by Gasteiger charge is -2.07. The van der Waals surface area contributed by atoms with Gasteiger partial charge in [0.25, 0.3) is 0 Å². The first-order chi connectivity index (χ1) is 5.02. The summed E-state index contributed by atoms with van der Waals surface area (Å²) in [6, 6.07) is 0.349. The second-order valence-electron chi connectivity index (χ2n) is 2.81. The van der Waals surface area contributed by atoms with Gasteiger partial charge in [0.05, 0.1) is 6.34 Å². The normalized spacial score (nSPS) is 10.6. The van der Waals surface area contributed by atoms with Gasteiger partial charge in [0.1, 0.15) is 0 Å². The molecule has 4 heteroatoms. The van der Waals surface area contributed by atoms with Crippen LogP contribution < -0.4 is 5.32 Å². The molecule has 0 aliphatic heterocycles.